The first-order valence-electron chi connectivity index (χ1n) is 5.40. The van der Waals surface area contributed by atoms with Gasteiger partial charge in [0.2, 0.25) is 0 Å². The van der Waals surface area contributed by atoms with E-state index in [-0.39, 0.29) is 11.6 Å². The van der Waals surface area contributed by atoms with Crippen molar-refractivity contribution in [3.63, 3.8) is 0 Å². The average Bonchev–Trinajstić information content (AvgIpc) is 2.71. The monoisotopic (exact) mass is 234 g/mol. The Morgan fingerprint density at radius 1 is 1.29 bits per heavy atom. The Bertz CT molecular complexity index is 621. The van der Waals surface area contributed by atoms with Crippen LogP contribution in [0, 0.1) is 0 Å². The SMILES string of the molecule is CC(C)n1ccc(Cn2ccc(=O)[nH]c2=O)n1. The van der Waals surface area contributed by atoms with Crippen molar-refractivity contribution in [1.29, 1.82) is 0 Å². The van der Waals surface area contributed by atoms with E-state index in [0.29, 0.717) is 6.54 Å². The number of hydrogen-bond donors (Lipinski definition) is 1. The van der Waals surface area contributed by atoms with Gasteiger partial charge in [0.25, 0.3) is 5.56 Å². The molecule has 2 aromatic rings. The van der Waals surface area contributed by atoms with Crippen molar-refractivity contribution >= 4 is 0 Å². The van der Waals surface area contributed by atoms with Gasteiger partial charge in [0, 0.05) is 24.5 Å². The predicted octanol–water partition coefficient (Wildman–Crippen LogP) is 0.362. The van der Waals surface area contributed by atoms with Crippen LogP contribution in [-0.4, -0.2) is 19.3 Å². The van der Waals surface area contributed by atoms with E-state index in [2.05, 4.69) is 10.1 Å². The first kappa shape index (κ1) is 11.4. The van der Waals surface area contributed by atoms with Crippen molar-refractivity contribution < 1.29 is 0 Å². The molecular formula is C11H14N4O2. The molecule has 0 saturated carbocycles. The molecule has 0 unspecified atom stereocenters. The summed E-state index contributed by atoms with van der Waals surface area (Å²) < 4.78 is 3.24. The summed E-state index contributed by atoms with van der Waals surface area (Å²) >= 11 is 0. The topological polar surface area (TPSA) is 72.7 Å². The van der Waals surface area contributed by atoms with Crippen molar-refractivity contribution in [1.82, 2.24) is 19.3 Å². The Morgan fingerprint density at radius 3 is 2.65 bits per heavy atom. The summed E-state index contributed by atoms with van der Waals surface area (Å²) in [5, 5.41) is 4.33. The highest BCUT2D eigenvalue weighted by atomic mass is 16.2. The lowest BCUT2D eigenvalue weighted by atomic mass is 10.4. The fourth-order valence-corrected chi connectivity index (χ4v) is 1.49. The average molecular weight is 234 g/mol. The zero-order valence-electron chi connectivity index (χ0n) is 9.75. The van der Waals surface area contributed by atoms with Gasteiger partial charge in [-0.05, 0) is 19.9 Å². The van der Waals surface area contributed by atoms with Gasteiger partial charge >= 0.3 is 5.69 Å². The maximum Gasteiger partial charge on any atom is 0.328 e. The molecule has 0 spiro atoms. The maximum atomic E-state index is 11.5. The molecule has 17 heavy (non-hydrogen) atoms. The highest BCUT2D eigenvalue weighted by Gasteiger charge is 2.04. The second-order valence-corrected chi connectivity index (χ2v) is 4.12. The number of aromatic nitrogens is 4. The molecule has 0 aliphatic heterocycles. The Hall–Kier alpha value is -2.11. The summed E-state index contributed by atoms with van der Waals surface area (Å²) in [7, 11) is 0. The van der Waals surface area contributed by atoms with Crippen LogP contribution in [0.3, 0.4) is 0 Å². The van der Waals surface area contributed by atoms with E-state index < -0.39 is 5.69 Å². The third kappa shape index (κ3) is 2.52. The Labute approximate surface area is 97.5 Å². The van der Waals surface area contributed by atoms with Crippen LogP contribution >= 0.6 is 0 Å². The van der Waals surface area contributed by atoms with Gasteiger partial charge in [-0.15, -0.1) is 0 Å². The molecule has 6 nitrogen and oxygen atoms in total. The molecule has 0 bridgehead atoms. The van der Waals surface area contributed by atoms with Crippen molar-refractivity contribution in [2.75, 3.05) is 0 Å². The van der Waals surface area contributed by atoms with Crippen molar-refractivity contribution in [3.8, 4) is 0 Å². The van der Waals surface area contributed by atoms with E-state index in [1.807, 2.05) is 30.8 Å². The minimum Gasteiger partial charge on any atom is -0.295 e. The van der Waals surface area contributed by atoms with E-state index in [1.165, 1.54) is 16.8 Å². The molecule has 2 aromatic heterocycles. The van der Waals surface area contributed by atoms with Gasteiger partial charge in [-0.1, -0.05) is 0 Å². The summed E-state index contributed by atoms with van der Waals surface area (Å²) in [6.07, 6.45) is 3.34. The van der Waals surface area contributed by atoms with Crippen LogP contribution in [0.2, 0.25) is 0 Å². The van der Waals surface area contributed by atoms with E-state index in [1.54, 1.807) is 0 Å². The van der Waals surface area contributed by atoms with Gasteiger partial charge in [0.05, 0.1) is 12.2 Å². The summed E-state index contributed by atoms with van der Waals surface area (Å²) in [6.45, 7) is 4.42. The minimum atomic E-state index is -0.420. The van der Waals surface area contributed by atoms with Gasteiger partial charge in [0.1, 0.15) is 0 Å². The fraction of sp³-hybridized carbons (Fsp3) is 0.364. The third-order valence-corrected chi connectivity index (χ3v) is 2.42. The number of H-pyrrole nitrogens is 1. The van der Waals surface area contributed by atoms with E-state index in [4.69, 9.17) is 0 Å². The maximum absolute atomic E-state index is 11.5. The normalized spacial score (nSPS) is 11.0. The molecule has 1 N–H and O–H groups in total. The lowest BCUT2D eigenvalue weighted by Crippen LogP contribution is -2.29. The first-order valence-corrected chi connectivity index (χ1v) is 5.40. The molecule has 0 aromatic carbocycles. The van der Waals surface area contributed by atoms with Crippen LogP contribution in [0.25, 0.3) is 0 Å². The molecule has 0 radical (unpaired) electrons. The zero-order valence-corrected chi connectivity index (χ0v) is 9.75. The molecule has 0 atom stereocenters. The molecule has 2 rings (SSSR count). The lowest BCUT2D eigenvalue weighted by Gasteiger charge is -2.04. The number of nitrogens with zero attached hydrogens (tertiary/aromatic N) is 3. The lowest BCUT2D eigenvalue weighted by molar-refractivity contribution is 0.522. The Kier molecular flexibility index (Phi) is 2.95. The molecule has 0 aliphatic rings. The van der Waals surface area contributed by atoms with Gasteiger partial charge in [-0.3, -0.25) is 19.0 Å². The standard InChI is InChI=1S/C11H14N4O2/c1-8(2)15-6-3-9(13-15)7-14-5-4-10(16)12-11(14)17/h3-6,8H,7H2,1-2H3,(H,12,16,17). The Morgan fingerprint density at radius 2 is 2.06 bits per heavy atom. The quantitative estimate of drug-likeness (QED) is 0.833. The van der Waals surface area contributed by atoms with Crippen LogP contribution in [0.1, 0.15) is 25.6 Å². The highest BCUT2D eigenvalue weighted by molar-refractivity contribution is 5.01. The molecular weight excluding hydrogens is 220 g/mol. The second-order valence-electron chi connectivity index (χ2n) is 4.12. The number of aromatic amines is 1. The fourth-order valence-electron chi connectivity index (χ4n) is 1.49. The smallest absolute Gasteiger partial charge is 0.295 e. The summed E-state index contributed by atoms with van der Waals surface area (Å²) in [6, 6.07) is 3.47. The summed E-state index contributed by atoms with van der Waals surface area (Å²) in [5.74, 6) is 0. The van der Waals surface area contributed by atoms with Gasteiger partial charge in [0.15, 0.2) is 0 Å². The predicted molar refractivity (Wildman–Crippen MR) is 63.0 cm³/mol. The van der Waals surface area contributed by atoms with Gasteiger partial charge in [-0.25, -0.2) is 4.79 Å². The van der Waals surface area contributed by atoms with Crippen LogP contribution in [0.5, 0.6) is 0 Å². The van der Waals surface area contributed by atoms with Crippen molar-refractivity contribution in [3.05, 3.63) is 51.1 Å². The Balaban J connectivity index is 2.25. The largest absolute Gasteiger partial charge is 0.328 e. The zero-order chi connectivity index (χ0) is 12.4. The molecule has 2 heterocycles. The first-order chi connectivity index (χ1) is 8.06. The molecule has 0 saturated heterocycles. The third-order valence-electron chi connectivity index (χ3n) is 2.42. The van der Waals surface area contributed by atoms with Crippen molar-refractivity contribution in [2.45, 2.75) is 26.4 Å². The molecule has 0 amide bonds. The van der Waals surface area contributed by atoms with E-state index >= 15 is 0 Å². The number of rotatable bonds is 3. The highest BCUT2D eigenvalue weighted by Crippen LogP contribution is 2.04. The molecule has 90 valence electrons. The number of hydrogen-bond acceptors (Lipinski definition) is 3. The van der Waals surface area contributed by atoms with Crippen LogP contribution in [0.15, 0.2) is 34.1 Å². The summed E-state index contributed by atoms with van der Waals surface area (Å²) in [4.78, 5) is 24.6. The van der Waals surface area contributed by atoms with Crippen molar-refractivity contribution in [2.24, 2.45) is 0 Å². The molecule has 0 fully saturated rings. The minimum absolute atomic E-state index is 0.288. The van der Waals surface area contributed by atoms with E-state index in [9.17, 15) is 9.59 Å². The van der Waals surface area contributed by atoms with Gasteiger partial charge < -0.3 is 0 Å². The van der Waals surface area contributed by atoms with Gasteiger partial charge in [-0.2, -0.15) is 5.10 Å². The molecule has 6 heteroatoms. The number of nitrogens with one attached hydrogen (secondary N) is 1. The summed E-state index contributed by atoms with van der Waals surface area (Å²) in [5.41, 5.74) is -0.0246. The van der Waals surface area contributed by atoms with Crippen LogP contribution < -0.4 is 11.2 Å². The van der Waals surface area contributed by atoms with E-state index in [0.717, 1.165) is 5.69 Å². The molecule has 0 aliphatic carbocycles. The van der Waals surface area contributed by atoms with Crippen LogP contribution in [-0.2, 0) is 6.54 Å². The second kappa shape index (κ2) is 4.40. The van der Waals surface area contributed by atoms with Crippen LogP contribution in [0.4, 0.5) is 0 Å².